The Labute approximate surface area is 143 Å². The van der Waals surface area contributed by atoms with Crippen molar-refractivity contribution >= 4 is 11.3 Å². The standard InChI is InChI=1S/C19H27NO2S/c1-14(2)22-18-7-5-6-17(10-18)12-20(11-16(4)21)13-19-15(3)8-9-23-19/h5-10,14,16,21H,11-13H2,1-4H3. The molecule has 0 radical (unpaired) electrons. The summed E-state index contributed by atoms with van der Waals surface area (Å²) >= 11 is 1.78. The predicted molar refractivity (Wildman–Crippen MR) is 97.1 cm³/mol. The maximum absolute atomic E-state index is 9.81. The number of aliphatic hydroxyl groups excluding tert-OH is 1. The van der Waals surface area contributed by atoms with Crippen LogP contribution in [0.15, 0.2) is 35.7 Å². The lowest BCUT2D eigenvalue weighted by Gasteiger charge is -2.24. The molecule has 0 saturated heterocycles. The summed E-state index contributed by atoms with van der Waals surface area (Å²) in [5.41, 5.74) is 2.53. The van der Waals surface area contributed by atoms with Crippen LogP contribution in [0.25, 0.3) is 0 Å². The van der Waals surface area contributed by atoms with Crippen LogP contribution in [0, 0.1) is 6.92 Å². The Morgan fingerprint density at radius 1 is 1.17 bits per heavy atom. The first-order chi connectivity index (χ1) is 10.9. The summed E-state index contributed by atoms with van der Waals surface area (Å²) in [5, 5.41) is 11.9. The van der Waals surface area contributed by atoms with Crippen molar-refractivity contribution in [3.63, 3.8) is 0 Å². The molecule has 1 unspecified atom stereocenters. The zero-order valence-electron chi connectivity index (χ0n) is 14.5. The highest BCUT2D eigenvalue weighted by atomic mass is 32.1. The van der Waals surface area contributed by atoms with Gasteiger partial charge in [-0.1, -0.05) is 12.1 Å². The molecule has 0 amide bonds. The highest BCUT2D eigenvalue weighted by Gasteiger charge is 2.13. The minimum absolute atomic E-state index is 0.174. The molecule has 2 aromatic rings. The maximum atomic E-state index is 9.81. The van der Waals surface area contributed by atoms with Gasteiger partial charge in [-0.3, -0.25) is 4.90 Å². The fourth-order valence-corrected chi connectivity index (χ4v) is 3.52. The molecule has 23 heavy (non-hydrogen) atoms. The number of nitrogens with zero attached hydrogens (tertiary/aromatic N) is 1. The molecule has 126 valence electrons. The van der Waals surface area contributed by atoms with Gasteiger partial charge < -0.3 is 9.84 Å². The highest BCUT2D eigenvalue weighted by Crippen LogP contribution is 2.21. The van der Waals surface area contributed by atoms with Crippen molar-refractivity contribution in [3.8, 4) is 5.75 Å². The second kappa shape index (κ2) is 8.48. The maximum Gasteiger partial charge on any atom is 0.120 e. The van der Waals surface area contributed by atoms with E-state index in [1.54, 1.807) is 11.3 Å². The molecule has 0 bridgehead atoms. The van der Waals surface area contributed by atoms with Crippen molar-refractivity contribution in [2.24, 2.45) is 0 Å². The molecule has 0 spiro atoms. The highest BCUT2D eigenvalue weighted by molar-refractivity contribution is 7.10. The molecule has 3 nitrogen and oxygen atoms in total. The minimum atomic E-state index is -0.342. The molecule has 0 saturated carbocycles. The SMILES string of the molecule is Cc1ccsc1CN(Cc1cccc(OC(C)C)c1)CC(C)O. The van der Waals surface area contributed by atoms with Gasteiger partial charge in [0, 0.05) is 24.5 Å². The molecule has 0 aliphatic heterocycles. The fraction of sp³-hybridized carbons (Fsp3) is 0.474. The summed E-state index contributed by atoms with van der Waals surface area (Å²) in [5.74, 6) is 0.904. The number of hydrogen-bond donors (Lipinski definition) is 1. The molecule has 1 aromatic heterocycles. The van der Waals surface area contributed by atoms with Gasteiger partial charge in [0.2, 0.25) is 0 Å². The first-order valence-electron chi connectivity index (χ1n) is 8.13. The number of aryl methyl sites for hydroxylation is 1. The molecule has 1 heterocycles. The third-order valence-corrected chi connectivity index (χ3v) is 4.54. The monoisotopic (exact) mass is 333 g/mol. The average molecular weight is 333 g/mol. The van der Waals surface area contributed by atoms with E-state index in [0.717, 1.165) is 18.8 Å². The van der Waals surface area contributed by atoms with Gasteiger partial charge in [-0.25, -0.2) is 0 Å². The van der Waals surface area contributed by atoms with Crippen LogP contribution in [0.4, 0.5) is 0 Å². The third kappa shape index (κ3) is 5.98. The topological polar surface area (TPSA) is 32.7 Å². The van der Waals surface area contributed by atoms with Crippen molar-refractivity contribution in [1.29, 1.82) is 0 Å². The van der Waals surface area contributed by atoms with E-state index < -0.39 is 0 Å². The summed E-state index contributed by atoms with van der Waals surface area (Å²) in [7, 11) is 0. The quantitative estimate of drug-likeness (QED) is 0.785. The van der Waals surface area contributed by atoms with E-state index >= 15 is 0 Å². The van der Waals surface area contributed by atoms with Crippen LogP contribution in [0.2, 0.25) is 0 Å². The molecule has 0 aliphatic carbocycles. The van der Waals surface area contributed by atoms with E-state index in [9.17, 15) is 5.11 Å². The van der Waals surface area contributed by atoms with Gasteiger partial charge in [0.15, 0.2) is 0 Å². The van der Waals surface area contributed by atoms with E-state index in [2.05, 4.69) is 35.4 Å². The predicted octanol–water partition coefficient (Wildman–Crippen LogP) is 4.23. The molecular weight excluding hydrogens is 306 g/mol. The lowest BCUT2D eigenvalue weighted by atomic mass is 10.1. The normalized spacial score (nSPS) is 12.8. The van der Waals surface area contributed by atoms with E-state index in [-0.39, 0.29) is 12.2 Å². The Morgan fingerprint density at radius 3 is 2.57 bits per heavy atom. The van der Waals surface area contributed by atoms with Crippen molar-refractivity contribution < 1.29 is 9.84 Å². The van der Waals surface area contributed by atoms with Crippen molar-refractivity contribution in [1.82, 2.24) is 4.90 Å². The van der Waals surface area contributed by atoms with E-state index in [4.69, 9.17) is 4.74 Å². The second-order valence-corrected chi connectivity index (χ2v) is 7.36. The lowest BCUT2D eigenvalue weighted by Crippen LogP contribution is -2.30. The van der Waals surface area contributed by atoms with Gasteiger partial charge in [0.1, 0.15) is 5.75 Å². The number of aliphatic hydroxyl groups is 1. The van der Waals surface area contributed by atoms with Crippen LogP contribution in [0.3, 0.4) is 0 Å². The van der Waals surface area contributed by atoms with Gasteiger partial charge in [0.25, 0.3) is 0 Å². The van der Waals surface area contributed by atoms with Crippen LogP contribution in [-0.2, 0) is 13.1 Å². The van der Waals surface area contributed by atoms with E-state index in [0.29, 0.717) is 6.54 Å². The van der Waals surface area contributed by atoms with Gasteiger partial charge in [0.05, 0.1) is 12.2 Å². The van der Waals surface area contributed by atoms with Crippen molar-refractivity contribution in [3.05, 3.63) is 51.7 Å². The number of thiophene rings is 1. The van der Waals surface area contributed by atoms with Gasteiger partial charge in [-0.2, -0.15) is 0 Å². The Hall–Kier alpha value is -1.36. The Kier molecular flexibility index (Phi) is 6.63. The van der Waals surface area contributed by atoms with Crippen molar-refractivity contribution in [2.45, 2.75) is 53.0 Å². The first kappa shape index (κ1) is 18.0. The van der Waals surface area contributed by atoms with Crippen LogP contribution in [-0.4, -0.2) is 28.8 Å². The number of benzene rings is 1. The zero-order chi connectivity index (χ0) is 16.8. The average Bonchev–Trinajstić information content (AvgIpc) is 2.83. The molecular formula is C19H27NO2S. The molecule has 2 rings (SSSR count). The second-order valence-electron chi connectivity index (χ2n) is 6.36. The van der Waals surface area contributed by atoms with Gasteiger partial charge >= 0.3 is 0 Å². The number of hydrogen-bond acceptors (Lipinski definition) is 4. The first-order valence-corrected chi connectivity index (χ1v) is 9.01. The van der Waals surface area contributed by atoms with E-state index in [1.807, 2.05) is 32.9 Å². The number of ether oxygens (including phenoxy) is 1. The summed E-state index contributed by atoms with van der Waals surface area (Å²) in [6, 6.07) is 10.4. The molecule has 1 N–H and O–H groups in total. The summed E-state index contributed by atoms with van der Waals surface area (Å²) < 4.78 is 5.78. The Balaban J connectivity index is 2.09. The fourth-order valence-electron chi connectivity index (χ4n) is 2.58. The summed E-state index contributed by atoms with van der Waals surface area (Å²) in [6.07, 6.45) is -0.169. The molecule has 0 fully saturated rings. The molecule has 4 heteroatoms. The zero-order valence-corrected chi connectivity index (χ0v) is 15.3. The Morgan fingerprint density at radius 2 is 1.96 bits per heavy atom. The largest absolute Gasteiger partial charge is 0.491 e. The van der Waals surface area contributed by atoms with Crippen molar-refractivity contribution in [2.75, 3.05) is 6.54 Å². The Bertz CT molecular complexity index is 607. The number of rotatable bonds is 8. The molecule has 1 atom stereocenters. The molecule has 1 aromatic carbocycles. The van der Waals surface area contributed by atoms with Crippen LogP contribution >= 0.6 is 11.3 Å². The van der Waals surface area contributed by atoms with Gasteiger partial charge in [-0.15, -0.1) is 11.3 Å². The van der Waals surface area contributed by atoms with E-state index in [1.165, 1.54) is 16.0 Å². The van der Waals surface area contributed by atoms with Crippen LogP contribution in [0.5, 0.6) is 5.75 Å². The lowest BCUT2D eigenvalue weighted by molar-refractivity contribution is 0.118. The smallest absolute Gasteiger partial charge is 0.120 e. The van der Waals surface area contributed by atoms with Crippen LogP contribution < -0.4 is 4.74 Å². The summed E-state index contributed by atoms with van der Waals surface area (Å²) in [6.45, 7) is 10.4. The minimum Gasteiger partial charge on any atom is -0.491 e. The summed E-state index contributed by atoms with van der Waals surface area (Å²) in [4.78, 5) is 3.65. The molecule has 0 aliphatic rings. The van der Waals surface area contributed by atoms with Crippen LogP contribution in [0.1, 0.15) is 36.8 Å². The third-order valence-electron chi connectivity index (χ3n) is 3.53. The van der Waals surface area contributed by atoms with Gasteiger partial charge in [-0.05, 0) is 62.4 Å².